The van der Waals surface area contributed by atoms with Crippen LogP contribution >= 0.6 is 12.4 Å². The predicted octanol–water partition coefficient (Wildman–Crippen LogP) is 0.798. The third-order valence-corrected chi connectivity index (χ3v) is 2.88. The van der Waals surface area contributed by atoms with E-state index in [9.17, 15) is 0 Å². The van der Waals surface area contributed by atoms with Crippen molar-refractivity contribution in [2.75, 3.05) is 0 Å². The van der Waals surface area contributed by atoms with Gasteiger partial charge in [-0.25, -0.2) is 0 Å². The van der Waals surface area contributed by atoms with Gasteiger partial charge in [0.2, 0.25) is 0 Å². The van der Waals surface area contributed by atoms with E-state index in [1.165, 1.54) is 0 Å². The fraction of sp³-hybridized carbons (Fsp3) is 0.750. The average Bonchev–Trinajstić information content (AvgIpc) is 2.99. The number of nitrogens with two attached hydrogens (primary N) is 2. The third kappa shape index (κ3) is 1.94. The Morgan fingerprint density at radius 3 is 1.27 bits per heavy atom. The van der Waals surface area contributed by atoms with Crippen LogP contribution in [0.1, 0.15) is 25.7 Å². The van der Waals surface area contributed by atoms with Gasteiger partial charge in [-0.05, 0) is 25.7 Å². The van der Waals surface area contributed by atoms with E-state index in [1.54, 1.807) is 0 Å². The lowest BCUT2D eigenvalue weighted by Gasteiger charge is -2.09. The normalized spacial score (nSPS) is 24.3. The maximum Gasteiger partial charge on any atom is 0.138 e. The molecule has 0 radical (unpaired) electrons. The molecular weight excluding hydrogens is 216 g/mol. The second kappa shape index (κ2) is 3.44. The number of nitrogens with one attached hydrogen (secondary N) is 2. The Morgan fingerprint density at radius 2 is 1.13 bits per heavy atom. The molecule has 0 aromatic carbocycles. The van der Waals surface area contributed by atoms with Gasteiger partial charge in [0.15, 0.2) is 0 Å². The Morgan fingerprint density at radius 1 is 0.867 bits per heavy atom. The van der Waals surface area contributed by atoms with Crippen LogP contribution in [0.2, 0.25) is 0 Å². The molecule has 0 aromatic rings. The Hall–Kier alpha value is -1.17. The molecule has 0 aromatic heterocycles. The van der Waals surface area contributed by atoms with Crippen molar-refractivity contribution in [1.82, 2.24) is 0 Å². The summed E-state index contributed by atoms with van der Waals surface area (Å²) in [5, 5.41) is 22.8. The summed E-state index contributed by atoms with van der Waals surface area (Å²) in [6.45, 7) is 0. The SMILES string of the molecule is Cl.N=C(N)C1(/N=N/C2(C(=N)N)CC2)CC1. The topological polar surface area (TPSA) is 124 Å². The van der Waals surface area contributed by atoms with Crippen LogP contribution in [-0.2, 0) is 0 Å². The van der Waals surface area contributed by atoms with Crippen LogP contribution in [0.4, 0.5) is 0 Å². The van der Waals surface area contributed by atoms with E-state index in [1.807, 2.05) is 0 Å². The highest BCUT2D eigenvalue weighted by Gasteiger charge is 2.51. The van der Waals surface area contributed by atoms with E-state index in [4.69, 9.17) is 22.3 Å². The second-order valence-electron chi connectivity index (χ2n) is 4.09. The Balaban J connectivity index is 0.00000112. The standard InChI is InChI=1S/C8H14N6.ClH/c9-5(10)7(1-2-7)13-14-8(3-4-8)6(11)12;/h1-4H2,(H3,9,10)(H3,11,12);1H/b14-13+;. The van der Waals surface area contributed by atoms with E-state index in [2.05, 4.69) is 10.2 Å². The van der Waals surface area contributed by atoms with Crippen LogP contribution in [0.3, 0.4) is 0 Å². The lowest BCUT2D eigenvalue weighted by atomic mass is 10.2. The van der Waals surface area contributed by atoms with Gasteiger partial charge < -0.3 is 11.5 Å². The summed E-state index contributed by atoms with van der Waals surface area (Å²) in [6, 6.07) is 0. The number of azo groups is 1. The zero-order valence-corrected chi connectivity index (χ0v) is 9.10. The Bertz CT molecular complexity index is 296. The van der Waals surface area contributed by atoms with E-state index < -0.39 is 11.1 Å². The molecule has 2 saturated carbocycles. The molecular formula is C8H15ClN6. The van der Waals surface area contributed by atoms with Gasteiger partial charge in [-0.3, -0.25) is 10.8 Å². The molecule has 6 N–H and O–H groups in total. The van der Waals surface area contributed by atoms with Gasteiger partial charge in [-0.15, -0.1) is 12.4 Å². The number of hydrogen-bond acceptors (Lipinski definition) is 4. The number of amidine groups is 2. The number of hydrogen-bond donors (Lipinski definition) is 4. The fourth-order valence-corrected chi connectivity index (χ4v) is 1.27. The predicted molar refractivity (Wildman–Crippen MR) is 59.9 cm³/mol. The minimum absolute atomic E-state index is 0. The highest BCUT2D eigenvalue weighted by atomic mass is 35.5. The summed E-state index contributed by atoms with van der Waals surface area (Å²) in [5.41, 5.74) is 9.71. The van der Waals surface area contributed by atoms with Gasteiger partial charge in [0.1, 0.15) is 22.7 Å². The molecule has 0 amide bonds. The summed E-state index contributed by atoms with van der Waals surface area (Å²) >= 11 is 0. The molecule has 0 spiro atoms. The smallest absolute Gasteiger partial charge is 0.138 e. The maximum atomic E-state index is 7.33. The van der Waals surface area contributed by atoms with Crippen molar-refractivity contribution in [3.05, 3.63) is 0 Å². The molecule has 0 heterocycles. The molecule has 2 aliphatic carbocycles. The third-order valence-electron chi connectivity index (χ3n) is 2.88. The van der Waals surface area contributed by atoms with Crippen LogP contribution in [0.5, 0.6) is 0 Å². The fourth-order valence-electron chi connectivity index (χ4n) is 1.27. The van der Waals surface area contributed by atoms with Gasteiger partial charge in [0.05, 0.1) is 0 Å². The highest BCUT2D eigenvalue weighted by Crippen LogP contribution is 2.45. The largest absolute Gasteiger partial charge is 0.386 e. The van der Waals surface area contributed by atoms with E-state index in [0.29, 0.717) is 0 Å². The molecule has 2 rings (SSSR count). The van der Waals surface area contributed by atoms with Crippen molar-refractivity contribution in [3.63, 3.8) is 0 Å². The molecule has 2 fully saturated rings. The number of rotatable bonds is 4. The highest BCUT2D eigenvalue weighted by molar-refractivity contribution is 5.91. The van der Waals surface area contributed by atoms with Gasteiger partial charge in [-0.2, -0.15) is 10.2 Å². The maximum absolute atomic E-state index is 7.33. The van der Waals surface area contributed by atoms with Gasteiger partial charge in [0, 0.05) is 0 Å². The second-order valence-corrected chi connectivity index (χ2v) is 4.09. The van der Waals surface area contributed by atoms with E-state index >= 15 is 0 Å². The van der Waals surface area contributed by atoms with Crippen molar-refractivity contribution in [2.24, 2.45) is 21.7 Å². The van der Waals surface area contributed by atoms with Crippen molar-refractivity contribution in [2.45, 2.75) is 36.8 Å². The van der Waals surface area contributed by atoms with Crippen molar-refractivity contribution < 1.29 is 0 Å². The van der Waals surface area contributed by atoms with Crippen LogP contribution in [0, 0.1) is 10.8 Å². The van der Waals surface area contributed by atoms with Gasteiger partial charge in [-0.1, -0.05) is 0 Å². The van der Waals surface area contributed by atoms with E-state index in [0.717, 1.165) is 25.7 Å². The molecule has 84 valence electrons. The number of halogens is 1. The van der Waals surface area contributed by atoms with E-state index in [-0.39, 0.29) is 24.1 Å². The van der Waals surface area contributed by atoms with Gasteiger partial charge in [0.25, 0.3) is 0 Å². The molecule has 15 heavy (non-hydrogen) atoms. The molecule has 0 bridgehead atoms. The Labute approximate surface area is 93.9 Å². The van der Waals surface area contributed by atoms with Crippen LogP contribution < -0.4 is 11.5 Å². The van der Waals surface area contributed by atoms with Crippen LogP contribution in [0.15, 0.2) is 10.2 Å². The monoisotopic (exact) mass is 230 g/mol. The van der Waals surface area contributed by atoms with Crippen molar-refractivity contribution >= 4 is 24.1 Å². The zero-order chi connectivity index (χ0) is 10.4. The molecule has 0 unspecified atom stereocenters. The first-order valence-electron chi connectivity index (χ1n) is 4.64. The molecule has 0 saturated heterocycles. The molecule has 0 atom stereocenters. The summed E-state index contributed by atoms with van der Waals surface area (Å²) < 4.78 is 0. The summed E-state index contributed by atoms with van der Waals surface area (Å²) in [4.78, 5) is 0. The Kier molecular flexibility index (Phi) is 2.73. The average molecular weight is 231 g/mol. The number of nitrogens with zero attached hydrogens (tertiary/aromatic N) is 2. The molecule has 2 aliphatic rings. The minimum Gasteiger partial charge on any atom is -0.386 e. The summed E-state index contributed by atoms with van der Waals surface area (Å²) in [6.07, 6.45) is 3.17. The summed E-state index contributed by atoms with van der Waals surface area (Å²) in [7, 11) is 0. The van der Waals surface area contributed by atoms with Gasteiger partial charge >= 0.3 is 0 Å². The zero-order valence-electron chi connectivity index (χ0n) is 8.29. The first-order chi connectivity index (χ1) is 6.51. The van der Waals surface area contributed by atoms with Crippen LogP contribution in [0.25, 0.3) is 0 Å². The van der Waals surface area contributed by atoms with Crippen molar-refractivity contribution in [1.29, 1.82) is 10.8 Å². The lowest BCUT2D eigenvalue weighted by molar-refractivity contribution is 0.711. The first-order valence-corrected chi connectivity index (χ1v) is 4.64. The molecule has 7 heteroatoms. The first kappa shape index (κ1) is 11.9. The lowest BCUT2D eigenvalue weighted by Crippen LogP contribution is -2.30. The quantitative estimate of drug-likeness (QED) is 0.324. The van der Waals surface area contributed by atoms with Crippen molar-refractivity contribution in [3.8, 4) is 0 Å². The summed E-state index contributed by atoms with van der Waals surface area (Å²) in [5.74, 6) is 0.140. The minimum atomic E-state index is -0.551. The van der Waals surface area contributed by atoms with Crippen LogP contribution in [-0.4, -0.2) is 22.7 Å². The molecule has 6 nitrogen and oxygen atoms in total. The molecule has 0 aliphatic heterocycles.